The largest absolute Gasteiger partial charge is 0.372 e. The average Bonchev–Trinajstić information content (AvgIpc) is 2.95. The van der Waals surface area contributed by atoms with Gasteiger partial charge in [0.2, 0.25) is 0 Å². The molecule has 2 aromatic carbocycles. The molecule has 1 aliphatic rings. The quantitative estimate of drug-likeness (QED) is 0.867. The summed E-state index contributed by atoms with van der Waals surface area (Å²) in [6, 6.07) is 13.5. The number of benzene rings is 2. The standard InChI is InChI=1S/C16H14BrNO2/c17-8-11-1-5-15(6-2-11)18-16(19)12-3-4-13-9-20-10-14(13)7-12/h1-7H,8-10H2,(H,18,19). The lowest BCUT2D eigenvalue weighted by atomic mass is 10.1. The van der Waals surface area contributed by atoms with Crippen LogP contribution in [-0.4, -0.2) is 5.91 Å². The fourth-order valence-corrected chi connectivity index (χ4v) is 2.57. The number of ether oxygens (including phenoxy) is 1. The number of carbonyl (C=O) groups is 1. The van der Waals surface area contributed by atoms with Crippen molar-refractivity contribution >= 4 is 27.5 Å². The highest BCUT2D eigenvalue weighted by atomic mass is 79.9. The molecule has 0 bridgehead atoms. The molecule has 102 valence electrons. The summed E-state index contributed by atoms with van der Waals surface area (Å²) in [5.41, 5.74) is 4.92. The van der Waals surface area contributed by atoms with Crippen molar-refractivity contribution in [3.8, 4) is 0 Å². The van der Waals surface area contributed by atoms with Gasteiger partial charge in [0.1, 0.15) is 0 Å². The third-order valence-electron chi connectivity index (χ3n) is 3.35. The van der Waals surface area contributed by atoms with E-state index in [0.29, 0.717) is 18.8 Å². The summed E-state index contributed by atoms with van der Waals surface area (Å²) in [7, 11) is 0. The SMILES string of the molecule is O=C(Nc1ccc(CBr)cc1)c1ccc2c(c1)COC2. The van der Waals surface area contributed by atoms with Gasteiger partial charge < -0.3 is 10.1 Å². The Balaban J connectivity index is 1.75. The molecule has 0 radical (unpaired) electrons. The summed E-state index contributed by atoms with van der Waals surface area (Å²) < 4.78 is 5.36. The molecule has 20 heavy (non-hydrogen) atoms. The van der Waals surface area contributed by atoms with Gasteiger partial charge >= 0.3 is 0 Å². The minimum Gasteiger partial charge on any atom is -0.372 e. The van der Waals surface area contributed by atoms with E-state index in [-0.39, 0.29) is 5.91 Å². The lowest BCUT2D eigenvalue weighted by molar-refractivity contribution is 0.102. The zero-order valence-electron chi connectivity index (χ0n) is 10.9. The van der Waals surface area contributed by atoms with Crippen LogP contribution in [0.1, 0.15) is 27.0 Å². The van der Waals surface area contributed by atoms with E-state index in [1.54, 1.807) is 0 Å². The molecular formula is C16H14BrNO2. The molecule has 0 unspecified atom stereocenters. The van der Waals surface area contributed by atoms with Crippen LogP contribution >= 0.6 is 15.9 Å². The maximum Gasteiger partial charge on any atom is 0.255 e. The van der Waals surface area contributed by atoms with Crippen molar-refractivity contribution in [2.75, 3.05) is 5.32 Å². The predicted molar refractivity (Wildman–Crippen MR) is 82.0 cm³/mol. The second-order valence-electron chi connectivity index (χ2n) is 4.76. The monoisotopic (exact) mass is 331 g/mol. The average molecular weight is 332 g/mol. The van der Waals surface area contributed by atoms with Crippen LogP contribution in [0.2, 0.25) is 0 Å². The first kappa shape index (κ1) is 13.3. The maximum absolute atomic E-state index is 12.2. The number of nitrogens with one attached hydrogen (secondary N) is 1. The van der Waals surface area contributed by atoms with Crippen molar-refractivity contribution in [3.05, 3.63) is 64.7 Å². The van der Waals surface area contributed by atoms with E-state index in [2.05, 4.69) is 21.2 Å². The molecule has 4 heteroatoms. The van der Waals surface area contributed by atoms with Gasteiger partial charge in [-0.1, -0.05) is 34.1 Å². The first-order valence-electron chi connectivity index (χ1n) is 6.42. The minimum absolute atomic E-state index is 0.0914. The molecular weight excluding hydrogens is 318 g/mol. The molecule has 0 saturated carbocycles. The van der Waals surface area contributed by atoms with E-state index >= 15 is 0 Å². The van der Waals surface area contributed by atoms with Gasteiger partial charge in [0, 0.05) is 16.6 Å². The van der Waals surface area contributed by atoms with E-state index in [9.17, 15) is 4.79 Å². The highest BCUT2D eigenvalue weighted by Crippen LogP contribution is 2.21. The number of fused-ring (bicyclic) bond motifs is 1. The number of halogens is 1. The van der Waals surface area contributed by atoms with Gasteiger partial charge in [-0.15, -0.1) is 0 Å². The second kappa shape index (κ2) is 5.77. The van der Waals surface area contributed by atoms with Crippen LogP contribution < -0.4 is 5.32 Å². The number of anilines is 1. The summed E-state index contributed by atoms with van der Waals surface area (Å²) in [4.78, 5) is 12.2. The van der Waals surface area contributed by atoms with Crippen molar-refractivity contribution in [2.24, 2.45) is 0 Å². The second-order valence-corrected chi connectivity index (χ2v) is 5.32. The number of carbonyl (C=O) groups excluding carboxylic acids is 1. The van der Waals surface area contributed by atoms with Gasteiger partial charge in [0.05, 0.1) is 13.2 Å². The van der Waals surface area contributed by atoms with Gasteiger partial charge in [0.15, 0.2) is 0 Å². The van der Waals surface area contributed by atoms with Gasteiger partial charge in [-0.2, -0.15) is 0 Å². The molecule has 1 aliphatic heterocycles. The van der Waals surface area contributed by atoms with Crippen LogP contribution in [0.15, 0.2) is 42.5 Å². The van der Waals surface area contributed by atoms with Crippen LogP contribution in [0.3, 0.4) is 0 Å². The number of hydrogen-bond acceptors (Lipinski definition) is 2. The molecule has 1 heterocycles. The molecule has 2 aromatic rings. The molecule has 1 N–H and O–H groups in total. The fourth-order valence-electron chi connectivity index (χ4n) is 2.19. The van der Waals surface area contributed by atoms with E-state index in [1.165, 1.54) is 11.1 Å². The fraction of sp³-hybridized carbons (Fsp3) is 0.188. The first-order chi connectivity index (χ1) is 9.76. The summed E-state index contributed by atoms with van der Waals surface area (Å²) in [6.07, 6.45) is 0. The summed E-state index contributed by atoms with van der Waals surface area (Å²) in [5, 5.41) is 3.72. The van der Waals surface area contributed by atoms with E-state index in [0.717, 1.165) is 16.6 Å². The zero-order chi connectivity index (χ0) is 13.9. The number of rotatable bonds is 3. The van der Waals surface area contributed by atoms with Crippen molar-refractivity contribution in [2.45, 2.75) is 18.5 Å². The Morgan fingerprint density at radius 2 is 1.85 bits per heavy atom. The summed E-state index contributed by atoms with van der Waals surface area (Å²) in [5.74, 6) is -0.0914. The van der Waals surface area contributed by atoms with Crippen molar-refractivity contribution in [1.29, 1.82) is 0 Å². The van der Waals surface area contributed by atoms with Gasteiger partial charge in [-0.05, 0) is 41.0 Å². The molecule has 0 atom stereocenters. The molecule has 3 rings (SSSR count). The Bertz CT molecular complexity index is 637. The van der Waals surface area contributed by atoms with Crippen LogP contribution in [0.5, 0.6) is 0 Å². The van der Waals surface area contributed by atoms with Crippen LogP contribution in [-0.2, 0) is 23.3 Å². The molecule has 0 fully saturated rings. The first-order valence-corrected chi connectivity index (χ1v) is 7.54. The van der Waals surface area contributed by atoms with E-state index in [1.807, 2.05) is 42.5 Å². The molecule has 0 spiro atoms. The van der Waals surface area contributed by atoms with Crippen molar-refractivity contribution in [1.82, 2.24) is 0 Å². The Kier molecular flexibility index (Phi) is 3.85. The minimum atomic E-state index is -0.0914. The van der Waals surface area contributed by atoms with Crippen LogP contribution in [0, 0.1) is 0 Å². The van der Waals surface area contributed by atoms with Gasteiger partial charge in [0.25, 0.3) is 5.91 Å². The maximum atomic E-state index is 12.2. The van der Waals surface area contributed by atoms with Crippen LogP contribution in [0.25, 0.3) is 0 Å². The molecule has 0 saturated heterocycles. The smallest absolute Gasteiger partial charge is 0.255 e. The molecule has 0 aliphatic carbocycles. The zero-order valence-corrected chi connectivity index (χ0v) is 12.4. The topological polar surface area (TPSA) is 38.3 Å². The normalized spacial score (nSPS) is 13.1. The highest BCUT2D eigenvalue weighted by Gasteiger charge is 2.14. The lowest BCUT2D eigenvalue weighted by Gasteiger charge is -2.07. The van der Waals surface area contributed by atoms with E-state index in [4.69, 9.17) is 4.74 Å². The number of hydrogen-bond donors (Lipinski definition) is 1. The summed E-state index contributed by atoms with van der Waals surface area (Å²) in [6.45, 7) is 1.24. The predicted octanol–water partition coefficient (Wildman–Crippen LogP) is 3.86. The number of amides is 1. The molecule has 0 aromatic heterocycles. The molecule has 3 nitrogen and oxygen atoms in total. The molecule has 1 amide bonds. The van der Waals surface area contributed by atoms with Gasteiger partial charge in [-0.25, -0.2) is 0 Å². The van der Waals surface area contributed by atoms with Crippen molar-refractivity contribution in [3.63, 3.8) is 0 Å². The Morgan fingerprint density at radius 3 is 2.60 bits per heavy atom. The number of alkyl halides is 1. The third-order valence-corrected chi connectivity index (χ3v) is 4.00. The Hall–Kier alpha value is -1.65. The van der Waals surface area contributed by atoms with Crippen LogP contribution in [0.4, 0.5) is 5.69 Å². The highest BCUT2D eigenvalue weighted by molar-refractivity contribution is 9.08. The van der Waals surface area contributed by atoms with E-state index < -0.39 is 0 Å². The lowest BCUT2D eigenvalue weighted by Crippen LogP contribution is -2.12. The van der Waals surface area contributed by atoms with Crippen molar-refractivity contribution < 1.29 is 9.53 Å². The van der Waals surface area contributed by atoms with Gasteiger partial charge in [-0.3, -0.25) is 4.79 Å². The third kappa shape index (κ3) is 2.76. The Morgan fingerprint density at radius 1 is 1.10 bits per heavy atom. The Labute approximate surface area is 126 Å². The summed E-state index contributed by atoms with van der Waals surface area (Å²) >= 11 is 3.40.